The van der Waals surface area contributed by atoms with Crippen LogP contribution in [0, 0.1) is 0 Å². The normalized spacial score (nSPS) is 21.1. The molecule has 3 N–H and O–H groups in total. The van der Waals surface area contributed by atoms with E-state index in [1.54, 1.807) is 0 Å². The average Bonchev–Trinajstić information content (AvgIpc) is 2.83. The predicted octanol–water partition coefficient (Wildman–Crippen LogP) is 1.02. The number of nitrogens with one attached hydrogen (secondary N) is 2. The van der Waals surface area contributed by atoms with Gasteiger partial charge in [0.05, 0.1) is 0 Å². The number of carboxylic acids is 1. The Morgan fingerprint density at radius 3 is 2.74 bits per heavy atom. The van der Waals surface area contributed by atoms with E-state index >= 15 is 0 Å². The van der Waals surface area contributed by atoms with E-state index in [0.717, 1.165) is 32.4 Å². The second-order valence-electron chi connectivity index (χ2n) is 4.96. The van der Waals surface area contributed by atoms with E-state index in [9.17, 15) is 9.59 Å². The van der Waals surface area contributed by atoms with E-state index in [2.05, 4.69) is 22.5 Å². The molecule has 0 spiro atoms. The zero-order chi connectivity index (χ0) is 14.3. The van der Waals surface area contributed by atoms with Crippen LogP contribution in [-0.2, 0) is 4.79 Å². The zero-order valence-electron chi connectivity index (χ0n) is 11.8. The van der Waals surface area contributed by atoms with Crippen LogP contribution in [0.4, 0.5) is 4.79 Å². The number of likely N-dealkylation sites (tertiary alicyclic amines) is 1. The van der Waals surface area contributed by atoms with Crippen molar-refractivity contribution < 1.29 is 14.7 Å². The SMILES string of the molecule is CCCC(NC(=O)NCC1CCCN1CC)C(=O)O. The van der Waals surface area contributed by atoms with E-state index < -0.39 is 12.0 Å². The molecule has 1 rings (SSSR count). The summed E-state index contributed by atoms with van der Waals surface area (Å²) in [5, 5.41) is 14.2. The summed E-state index contributed by atoms with van der Waals surface area (Å²) in [5.41, 5.74) is 0. The van der Waals surface area contributed by atoms with Gasteiger partial charge in [0.15, 0.2) is 0 Å². The van der Waals surface area contributed by atoms with Crippen molar-refractivity contribution in [3.8, 4) is 0 Å². The maximum Gasteiger partial charge on any atom is 0.326 e. The van der Waals surface area contributed by atoms with Crippen LogP contribution in [0.2, 0.25) is 0 Å². The number of carbonyl (C=O) groups excluding carboxylic acids is 1. The molecule has 110 valence electrons. The molecule has 1 saturated heterocycles. The van der Waals surface area contributed by atoms with Gasteiger partial charge in [-0.25, -0.2) is 9.59 Å². The fraction of sp³-hybridized carbons (Fsp3) is 0.846. The van der Waals surface area contributed by atoms with Gasteiger partial charge in [0.25, 0.3) is 0 Å². The molecule has 6 nitrogen and oxygen atoms in total. The summed E-state index contributed by atoms with van der Waals surface area (Å²) in [7, 11) is 0. The van der Waals surface area contributed by atoms with Crippen LogP contribution in [0.25, 0.3) is 0 Å². The summed E-state index contributed by atoms with van der Waals surface area (Å²) < 4.78 is 0. The minimum atomic E-state index is -0.979. The molecule has 1 aliphatic heterocycles. The number of hydrogen-bond acceptors (Lipinski definition) is 3. The van der Waals surface area contributed by atoms with Crippen molar-refractivity contribution in [1.29, 1.82) is 0 Å². The Labute approximate surface area is 114 Å². The second kappa shape index (κ2) is 7.99. The van der Waals surface area contributed by atoms with Crippen LogP contribution in [0.15, 0.2) is 0 Å². The molecule has 1 heterocycles. The van der Waals surface area contributed by atoms with Crippen LogP contribution in [-0.4, -0.2) is 53.7 Å². The topological polar surface area (TPSA) is 81.7 Å². The monoisotopic (exact) mass is 271 g/mol. The smallest absolute Gasteiger partial charge is 0.326 e. The van der Waals surface area contributed by atoms with Crippen molar-refractivity contribution in [2.24, 2.45) is 0 Å². The molecule has 0 radical (unpaired) electrons. The van der Waals surface area contributed by atoms with Crippen molar-refractivity contribution >= 4 is 12.0 Å². The van der Waals surface area contributed by atoms with E-state index in [1.165, 1.54) is 0 Å². The van der Waals surface area contributed by atoms with E-state index in [1.807, 2.05) is 6.92 Å². The third-order valence-electron chi connectivity index (χ3n) is 3.58. The number of urea groups is 1. The lowest BCUT2D eigenvalue weighted by molar-refractivity contribution is -0.139. The van der Waals surface area contributed by atoms with Crippen LogP contribution in [0.5, 0.6) is 0 Å². The Balaban J connectivity index is 2.32. The minimum Gasteiger partial charge on any atom is -0.480 e. The van der Waals surface area contributed by atoms with E-state index in [4.69, 9.17) is 5.11 Å². The van der Waals surface area contributed by atoms with Crippen molar-refractivity contribution in [1.82, 2.24) is 15.5 Å². The lowest BCUT2D eigenvalue weighted by Crippen LogP contribution is -2.49. The molecule has 2 unspecified atom stereocenters. The molecule has 2 atom stereocenters. The van der Waals surface area contributed by atoms with Gasteiger partial charge in [-0.1, -0.05) is 20.3 Å². The summed E-state index contributed by atoms with van der Waals surface area (Å²) in [6.07, 6.45) is 3.43. The number of amides is 2. The molecular formula is C13H25N3O3. The Hall–Kier alpha value is -1.30. The molecule has 0 aliphatic carbocycles. The van der Waals surface area contributed by atoms with Crippen molar-refractivity contribution in [3.05, 3.63) is 0 Å². The molecule has 0 aromatic carbocycles. The van der Waals surface area contributed by atoms with Crippen molar-refractivity contribution in [2.75, 3.05) is 19.6 Å². The molecule has 19 heavy (non-hydrogen) atoms. The van der Waals surface area contributed by atoms with E-state index in [-0.39, 0.29) is 6.03 Å². The molecule has 0 aromatic rings. The summed E-state index contributed by atoms with van der Waals surface area (Å²) in [6, 6.07) is -0.801. The Bertz CT molecular complexity index is 310. The lowest BCUT2D eigenvalue weighted by atomic mass is 10.2. The van der Waals surface area contributed by atoms with Crippen molar-refractivity contribution in [3.63, 3.8) is 0 Å². The third kappa shape index (κ3) is 5.06. The molecule has 0 bridgehead atoms. The third-order valence-corrected chi connectivity index (χ3v) is 3.58. The highest BCUT2D eigenvalue weighted by Crippen LogP contribution is 2.15. The van der Waals surface area contributed by atoms with Gasteiger partial charge < -0.3 is 15.7 Å². The Kier molecular flexibility index (Phi) is 6.62. The predicted molar refractivity (Wildman–Crippen MR) is 73.1 cm³/mol. The number of nitrogens with zero attached hydrogens (tertiary/aromatic N) is 1. The fourth-order valence-electron chi connectivity index (χ4n) is 2.51. The maximum absolute atomic E-state index is 11.7. The zero-order valence-corrected chi connectivity index (χ0v) is 11.8. The summed E-state index contributed by atoms with van der Waals surface area (Å²) in [5.74, 6) is -0.979. The van der Waals surface area contributed by atoms with Gasteiger partial charge in [-0.2, -0.15) is 0 Å². The van der Waals surface area contributed by atoms with Crippen LogP contribution < -0.4 is 10.6 Å². The highest BCUT2D eigenvalue weighted by atomic mass is 16.4. The van der Waals surface area contributed by atoms with Crippen molar-refractivity contribution in [2.45, 2.75) is 51.6 Å². The molecule has 0 aromatic heterocycles. The van der Waals surface area contributed by atoms with Gasteiger partial charge in [-0.15, -0.1) is 0 Å². The lowest BCUT2D eigenvalue weighted by Gasteiger charge is -2.23. The largest absolute Gasteiger partial charge is 0.480 e. The first kappa shape index (κ1) is 15.8. The number of rotatable bonds is 7. The van der Waals surface area contributed by atoms with Gasteiger partial charge in [-0.05, 0) is 32.4 Å². The highest BCUT2D eigenvalue weighted by molar-refractivity contribution is 5.82. The first-order valence-electron chi connectivity index (χ1n) is 7.09. The van der Waals surface area contributed by atoms with Crippen LogP contribution in [0.1, 0.15) is 39.5 Å². The highest BCUT2D eigenvalue weighted by Gasteiger charge is 2.24. The van der Waals surface area contributed by atoms with E-state index in [0.29, 0.717) is 19.0 Å². The standard InChI is InChI=1S/C13H25N3O3/c1-3-6-11(12(17)18)15-13(19)14-9-10-7-5-8-16(10)4-2/h10-11H,3-9H2,1-2H3,(H,17,18)(H2,14,15,19). The quantitative estimate of drug-likeness (QED) is 0.646. The molecule has 6 heteroatoms. The van der Waals surface area contributed by atoms with Crippen LogP contribution >= 0.6 is 0 Å². The van der Waals surface area contributed by atoms with Gasteiger partial charge in [-0.3, -0.25) is 4.90 Å². The molecule has 1 fully saturated rings. The average molecular weight is 271 g/mol. The Morgan fingerprint density at radius 1 is 1.42 bits per heavy atom. The molecule has 2 amide bonds. The minimum absolute atomic E-state index is 0.380. The number of hydrogen-bond donors (Lipinski definition) is 3. The molecule has 0 saturated carbocycles. The first-order chi connectivity index (χ1) is 9.08. The van der Waals surface area contributed by atoms with Gasteiger partial charge in [0, 0.05) is 12.6 Å². The fourth-order valence-corrected chi connectivity index (χ4v) is 2.51. The summed E-state index contributed by atoms with van der Waals surface area (Å²) in [4.78, 5) is 24.9. The van der Waals surface area contributed by atoms with Crippen LogP contribution in [0.3, 0.4) is 0 Å². The Morgan fingerprint density at radius 2 is 2.16 bits per heavy atom. The number of likely N-dealkylation sites (N-methyl/N-ethyl adjacent to an activating group) is 1. The van der Waals surface area contributed by atoms with Gasteiger partial charge >= 0.3 is 12.0 Å². The van der Waals surface area contributed by atoms with Gasteiger partial charge in [0.2, 0.25) is 0 Å². The van der Waals surface area contributed by atoms with Gasteiger partial charge in [0.1, 0.15) is 6.04 Å². The molecule has 1 aliphatic rings. The second-order valence-corrected chi connectivity index (χ2v) is 4.96. The number of carbonyl (C=O) groups is 2. The summed E-state index contributed by atoms with van der Waals surface area (Å²) in [6.45, 7) is 6.66. The molecular weight excluding hydrogens is 246 g/mol. The first-order valence-corrected chi connectivity index (χ1v) is 7.09. The number of carboxylic acid groups (broad SMARTS) is 1. The summed E-state index contributed by atoms with van der Waals surface area (Å²) >= 11 is 0. The number of aliphatic carboxylic acids is 1. The maximum atomic E-state index is 11.7.